The van der Waals surface area contributed by atoms with Gasteiger partial charge in [0.15, 0.2) is 22.3 Å². The maximum absolute atomic E-state index is 14.0. The van der Waals surface area contributed by atoms with E-state index < -0.39 is 23.1 Å². The topological polar surface area (TPSA) is 72.9 Å². The van der Waals surface area contributed by atoms with E-state index in [4.69, 9.17) is 14.2 Å². The summed E-state index contributed by atoms with van der Waals surface area (Å²) in [5, 5.41) is 3.11. The summed E-state index contributed by atoms with van der Waals surface area (Å²) < 4.78 is 44.4. The van der Waals surface area contributed by atoms with Crippen LogP contribution in [0.5, 0.6) is 11.5 Å². The number of hydrogen-bond acceptors (Lipinski definition) is 7. The zero-order valence-electron chi connectivity index (χ0n) is 17.9. The fourth-order valence-electron chi connectivity index (χ4n) is 3.37. The van der Waals surface area contributed by atoms with Crippen LogP contribution in [0.4, 0.5) is 19.6 Å². The van der Waals surface area contributed by atoms with Gasteiger partial charge >= 0.3 is 0 Å². The molecule has 0 radical (unpaired) electrons. The van der Waals surface area contributed by atoms with Gasteiger partial charge in [-0.25, -0.2) is 13.8 Å². The number of halogens is 2. The smallest absolute Gasteiger partial charge is 0.269 e. The lowest BCUT2D eigenvalue weighted by molar-refractivity contribution is -0.128. The van der Waals surface area contributed by atoms with Gasteiger partial charge in [-0.2, -0.15) is 0 Å². The van der Waals surface area contributed by atoms with E-state index in [0.717, 1.165) is 35.6 Å². The van der Waals surface area contributed by atoms with Gasteiger partial charge in [0, 0.05) is 19.2 Å². The minimum absolute atomic E-state index is 0.216. The van der Waals surface area contributed by atoms with Crippen LogP contribution in [0.1, 0.15) is 13.8 Å². The number of rotatable bonds is 6. The van der Waals surface area contributed by atoms with Gasteiger partial charge in [0.1, 0.15) is 17.1 Å². The minimum Gasteiger partial charge on any atom is -0.494 e. The predicted octanol–water partition coefficient (Wildman–Crippen LogP) is 4.22. The third-order valence-electron chi connectivity index (χ3n) is 5.08. The van der Waals surface area contributed by atoms with Crippen LogP contribution in [0, 0.1) is 11.6 Å². The van der Waals surface area contributed by atoms with Crippen LogP contribution in [0.25, 0.3) is 10.2 Å². The Morgan fingerprint density at radius 3 is 2.59 bits per heavy atom. The second-order valence-electron chi connectivity index (χ2n) is 7.72. The minimum atomic E-state index is -1.44. The molecule has 0 unspecified atom stereocenters. The van der Waals surface area contributed by atoms with Gasteiger partial charge in [0.25, 0.3) is 5.91 Å². The number of carbonyl (C=O) groups is 1. The van der Waals surface area contributed by atoms with E-state index in [1.165, 1.54) is 25.2 Å². The number of fused-ring (bicyclic) bond motifs is 1. The van der Waals surface area contributed by atoms with Gasteiger partial charge in [0.2, 0.25) is 0 Å². The molecule has 1 fully saturated rings. The number of aromatic nitrogens is 1. The van der Waals surface area contributed by atoms with Crippen LogP contribution in [-0.2, 0) is 9.53 Å². The van der Waals surface area contributed by atoms with Gasteiger partial charge in [-0.15, -0.1) is 0 Å². The van der Waals surface area contributed by atoms with Crippen LogP contribution in [0.15, 0.2) is 30.3 Å². The molecule has 32 heavy (non-hydrogen) atoms. The molecule has 1 aliphatic heterocycles. The zero-order valence-corrected chi connectivity index (χ0v) is 18.7. The molecule has 0 aliphatic carbocycles. The van der Waals surface area contributed by atoms with E-state index in [1.54, 1.807) is 7.11 Å². The summed E-state index contributed by atoms with van der Waals surface area (Å²) in [6.07, 6.45) is 0. The highest BCUT2D eigenvalue weighted by Gasteiger charge is 2.32. The van der Waals surface area contributed by atoms with Crippen molar-refractivity contribution >= 4 is 38.3 Å². The number of morpholine rings is 1. The Morgan fingerprint density at radius 1 is 1.19 bits per heavy atom. The average Bonchev–Trinajstić information content (AvgIpc) is 3.19. The Balaban J connectivity index is 1.59. The number of ether oxygens (including phenoxy) is 3. The fraction of sp³-hybridized carbons (Fsp3) is 0.364. The van der Waals surface area contributed by atoms with Crippen LogP contribution >= 0.6 is 11.3 Å². The lowest BCUT2D eigenvalue weighted by Crippen LogP contribution is -2.42. The number of benzene rings is 2. The summed E-state index contributed by atoms with van der Waals surface area (Å²) in [7, 11) is 1.56. The fourth-order valence-corrected chi connectivity index (χ4v) is 4.39. The number of hydrogen-bond donors (Lipinski definition) is 1. The predicted molar refractivity (Wildman–Crippen MR) is 119 cm³/mol. The quantitative estimate of drug-likeness (QED) is 0.590. The van der Waals surface area contributed by atoms with E-state index in [2.05, 4.69) is 15.2 Å². The van der Waals surface area contributed by atoms with E-state index in [1.807, 2.05) is 12.1 Å². The van der Waals surface area contributed by atoms with E-state index >= 15 is 0 Å². The van der Waals surface area contributed by atoms with Crippen molar-refractivity contribution in [2.24, 2.45) is 0 Å². The molecular formula is C22H23F2N3O4S. The monoisotopic (exact) mass is 463 g/mol. The zero-order chi connectivity index (χ0) is 22.9. The molecule has 0 atom stereocenters. The molecule has 4 rings (SSSR count). The number of anilines is 2. The van der Waals surface area contributed by atoms with Gasteiger partial charge in [-0.1, -0.05) is 11.3 Å². The highest BCUT2D eigenvalue weighted by molar-refractivity contribution is 7.23. The second kappa shape index (κ2) is 8.87. The summed E-state index contributed by atoms with van der Waals surface area (Å²) >= 11 is 1.32. The number of thiazole rings is 1. The maximum Gasteiger partial charge on any atom is 0.269 e. The van der Waals surface area contributed by atoms with Crippen molar-refractivity contribution in [3.63, 3.8) is 0 Å². The number of carbonyl (C=O) groups excluding carboxylic acids is 1. The number of nitrogens with one attached hydrogen (secondary N) is 1. The van der Waals surface area contributed by atoms with Crippen molar-refractivity contribution in [1.29, 1.82) is 0 Å². The first-order valence-corrected chi connectivity index (χ1v) is 10.9. The van der Waals surface area contributed by atoms with Crippen LogP contribution in [0.3, 0.4) is 0 Å². The second-order valence-corrected chi connectivity index (χ2v) is 8.72. The highest BCUT2D eigenvalue weighted by atomic mass is 32.1. The molecule has 1 aromatic heterocycles. The number of nitrogens with zero attached hydrogens (tertiary/aromatic N) is 2. The molecule has 7 nitrogen and oxygen atoms in total. The van der Waals surface area contributed by atoms with E-state index in [0.29, 0.717) is 35.7 Å². The van der Waals surface area contributed by atoms with Crippen LogP contribution in [0.2, 0.25) is 0 Å². The van der Waals surface area contributed by atoms with Crippen molar-refractivity contribution in [3.8, 4) is 11.5 Å². The van der Waals surface area contributed by atoms with E-state index in [-0.39, 0.29) is 5.75 Å². The molecule has 1 N–H and O–H groups in total. The molecule has 3 aromatic rings. The first kappa shape index (κ1) is 22.2. The molecule has 1 amide bonds. The third-order valence-corrected chi connectivity index (χ3v) is 6.08. The van der Waals surface area contributed by atoms with Crippen molar-refractivity contribution < 1.29 is 27.8 Å². The van der Waals surface area contributed by atoms with Crippen LogP contribution in [-0.4, -0.2) is 49.9 Å². The summed E-state index contributed by atoms with van der Waals surface area (Å²) in [4.78, 5) is 19.7. The summed E-state index contributed by atoms with van der Waals surface area (Å²) in [6.45, 7) is 5.79. The Morgan fingerprint density at radius 2 is 1.91 bits per heavy atom. The number of amides is 1. The lowest BCUT2D eigenvalue weighted by Gasteiger charge is -2.29. The molecule has 1 aliphatic rings. The molecule has 1 saturated heterocycles. The molecule has 0 spiro atoms. The summed E-state index contributed by atoms with van der Waals surface area (Å²) in [5.41, 5.74) is 0.194. The third kappa shape index (κ3) is 4.46. The Bertz CT molecular complexity index is 1150. The maximum atomic E-state index is 14.0. The molecular weight excluding hydrogens is 440 g/mol. The van der Waals surface area contributed by atoms with Crippen molar-refractivity contribution in [1.82, 2.24) is 4.98 Å². The van der Waals surface area contributed by atoms with Gasteiger partial charge < -0.3 is 19.1 Å². The Labute approximate surface area is 187 Å². The van der Waals surface area contributed by atoms with Crippen molar-refractivity contribution in [2.45, 2.75) is 19.4 Å². The largest absolute Gasteiger partial charge is 0.494 e. The standard InChI is InChI=1S/C22H23F2N3O4S/c1-22(2,31-16-6-4-13(23)12-14(16)24)20(28)26-21-25-18-17(29-3)7-5-15(19(18)32-21)27-8-10-30-11-9-27/h4-7,12H,8-11H2,1-3H3,(H,25,26,28). The van der Waals surface area contributed by atoms with Crippen molar-refractivity contribution in [2.75, 3.05) is 43.6 Å². The van der Waals surface area contributed by atoms with Crippen molar-refractivity contribution in [3.05, 3.63) is 42.0 Å². The molecule has 10 heteroatoms. The molecule has 2 aromatic carbocycles. The molecule has 170 valence electrons. The van der Waals surface area contributed by atoms with Gasteiger partial charge in [-0.05, 0) is 38.1 Å². The SMILES string of the molecule is COc1ccc(N2CCOCC2)c2sc(NC(=O)C(C)(C)Oc3ccc(F)cc3F)nc12. The molecule has 0 bridgehead atoms. The molecule has 2 heterocycles. The van der Waals surface area contributed by atoms with Crippen LogP contribution < -0.4 is 19.7 Å². The average molecular weight is 464 g/mol. The number of methoxy groups -OCH3 is 1. The summed E-state index contributed by atoms with van der Waals surface area (Å²) in [5.74, 6) is -1.75. The Kier molecular flexibility index (Phi) is 6.16. The Hall–Kier alpha value is -2.98. The molecule has 0 saturated carbocycles. The highest BCUT2D eigenvalue weighted by Crippen LogP contribution is 2.40. The normalized spacial score (nSPS) is 14.5. The first-order chi connectivity index (χ1) is 15.3. The van der Waals surface area contributed by atoms with Gasteiger partial charge in [0.05, 0.1) is 30.7 Å². The first-order valence-electron chi connectivity index (χ1n) is 10.0. The summed E-state index contributed by atoms with van der Waals surface area (Å²) in [6, 6.07) is 6.75. The van der Waals surface area contributed by atoms with E-state index in [9.17, 15) is 13.6 Å². The lowest BCUT2D eigenvalue weighted by atomic mass is 10.1. The van der Waals surface area contributed by atoms with Gasteiger partial charge in [-0.3, -0.25) is 10.1 Å².